The van der Waals surface area contributed by atoms with E-state index in [1.807, 2.05) is 13.0 Å². The molecule has 0 aliphatic carbocycles. The predicted octanol–water partition coefficient (Wildman–Crippen LogP) is 1.34. The van der Waals surface area contributed by atoms with Gasteiger partial charge >= 0.3 is 0 Å². The summed E-state index contributed by atoms with van der Waals surface area (Å²) in [5.74, 6) is -0.671. The summed E-state index contributed by atoms with van der Waals surface area (Å²) in [6.45, 7) is 2.54. The van der Waals surface area contributed by atoms with Gasteiger partial charge in [-0.3, -0.25) is 9.78 Å². The molecule has 0 bridgehead atoms. The van der Waals surface area contributed by atoms with Crippen molar-refractivity contribution in [3.05, 3.63) is 34.5 Å². The Hall–Kier alpha value is -1.62. The van der Waals surface area contributed by atoms with E-state index in [0.717, 1.165) is 5.69 Å². The molecule has 2 heterocycles. The van der Waals surface area contributed by atoms with E-state index in [1.54, 1.807) is 12.3 Å². The summed E-state index contributed by atoms with van der Waals surface area (Å²) in [6, 6.07) is 3.62. The maximum Gasteiger partial charge on any atom is 0.299 e. The summed E-state index contributed by atoms with van der Waals surface area (Å²) in [5, 5.41) is 2.54. The van der Waals surface area contributed by atoms with E-state index in [-0.39, 0.29) is 6.61 Å². The molecule has 1 aromatic heterocycles. The van der Waals surface area contributed by atoms with E-state index in [1.165, 1.54) is 0 Å². The fraction of sp³-hybridized carbons (Fsp3) is 0.455. The van der Waals surface area contributed by atoms with E-state index in [2.05, 4.69) is 10.2 Å². The fourth-order valence-electron chi connectivity index (χ4n) is 1.92. The second-order valence-electron chi connectivity index (χ2n) is 3.97. The van der Waals surface area contributed by atoms with Gasteiger partial charge in [0, 0.05) is 23.7 Å². The molecular weight excluding hydrogens is 208 g/mol. The van der Waals surface area contributed by atoms with Crippen LogP contribution in [0.25, 0.3) is 0 Å². The maximum absolute atomic E-state index is 11.6. The number of ether oxygens (including phenoxy) is 1. The summed E-state index contributed by atoms with van der Waals surface area (Å²) in [7, 11) is 0. The average molecular weight is 220 g/mol. The van der Waals surface area contributed by atoms with Crippen LogP contribution in [0.3, 0.4) is 0 Å². The Morgan fingerprint density at radius 2 is 2.38 bits per heavy atom. The second kappa shape index (κ2) is 4.09. The largest absolute Gasteiger partial charge is 0.380 e. The first-order valence-electron chi connectivity index (χ1n) is 5.08. The number of carbonyl (C=O) groups excluding carboxylic acids is 1. The highest BCUT2D eigenvalue weighted by Gasteiger charge is 2.45. The van der Waals surface area contributed by atoms with Gasteiger partial charge in [-0.2, -0.15) is 0 Å². The van der Waals surface area contributed by atoms with Crippen LogP contribution in [0.4, 0.5) is 0 Å². The fourth-order valence-corrected chi connectivity index (χ4v) is 1.92. The van der Waals surface area contributed by atoms with Crippen molar-refractivity contribution in [1.29, 1.82) is 0 Å². The maximum atomic E-state index is 11.6. The quantitative estimate of drug-likeness (QED) is 0.705. The van der Waals surface area contributed by atoms with Crippen LogP contribution in [0, 0.1) is 11.8 Å². The van der Waals surface area contributed by atoms with Gasteiger partial charge in [-0.15, -0.1) is 4.91 Å². The summed E-state index contributed by atoms with van der Waals surface area (Å²) in [4.78, 5) is 26.2. The second-order valence-corrected chi connectivity index (χ2v) is 3.97. The zero-order valence-corrected chi connectivity index (χ0v) is 8.97. The molecule has 84 valence electrons. The van der Waals surface area contributed by atoms with Crippen molar-refractivity contribution in [3.8, 4) is 0 Å². The van der Waals surface area contributed by atoms with Crippen LogP contribution < -0.4 is 0 Å². The minimum atomic E-state index is -0.914. The van der Waals surface area contributed by atoms with Gasteiger partial charge < -0.3 is 4.74 Å². The van der Waals surface area contributed by atoms with E-state index in [9.17, 15) is 9.70 Å². The zero-order valence-electron chi connectivity index (χ0n) is 8.97. The smallest absolute Gasteiger partial charge is 0.299 e. The van der Waals surface area contributed by atoms with Crippen molar-refractivity contribution in [2.75, 3.05) is 13.2 Å². The number of nitroso groups, excluding NO2 is 1. The molecule has 1 aliphatic rings. The van der Waals surface area contributed by atoms with Gasteiger partial charge in [-0.05, 0) is 25.0 Å². The molecule has 1 amide bonds. The Labute approximate surface area is 92.8 Å². The standard InChI is InChI=1S/C11H12N2O3/c1-8-2-3-9(6-12-8)11(10(14)13-15)4-5-16-7-11/h2-3,6H,4-5,7H2,1H3. The van der Waals surface area contributed by atoms with Crippen LogP contribution in [0.15, 0.2) is 23.5 Å². The molecule has 2 rings (SSSR count). The lowest BCUT2D eigenvalue weighted by atomic mass is 9.80. The minimum Gasteiger partial charge on any atom is -0.380 e. The molecule has 0 saturated carbocycles. The van der Waals surface area contributed by atoms with Gasteiger partial charge in [0.15, 0.2) is 0 Å². The van der Waals surface area contributed by atoms with Gasteiger partial charge in [0.25, 0.3) is 5.91 Å². The van der Waals surface area contributed by atoms with Crippen LogP contribution in [-0.4, -0.2) is 24.1 Å². The molecule has 0 aromatic carbocycles. The Bertz CT molecular complexity index is 408. The topological polar surface area (TPSA) is 68.6 Å². The number of rotatable bonds is 2. The number of aromatic nitrogens is 1. The molecule has 0 spiro atoms. The van der Waals surface area contributed by atoms with Crippen molar-refractivity contribution < 1.29 is 9.53 Å². The van der Waals surface area contributed by atoms with Crippen LogP contribution in [-0.2, 0) is 14.9 Å². The molecule has 0 radical (unpaired) electrons. The van der Waals surface area contributed by atoms with Gasteiger partial charge in [0.2, 0.25) is 0 Å². The Balaban J connectivity index is 2.43. The molecule has 5 heteroatoms. The highest BCUT2D eigenvalue weighted by atomic mass is 16.5. The highest BCUT2D eigenvalue weighted by Crippen LogP contribution is 2.34. The van der Waals surface area contributed by atoms with Crippen LogP contribution in [0.2, 0.25) is 0 Å². The lowest BCUT2D eigenvalue weighted by Gasteiger charge is -2.21. The van der Waals surface area contributed by atoms with Crippen molar-refractivity contribution in [2.24, 2.45) is 5.18 Å². The summed E-state index contributed by atoms with van der Waals surface area (Å²) in [6.07, 6.45) is 2.11. The third kappa shape index (κ3) is 1.63. The number of hydrogen-bond donors (Lipinski definition) is 0. The van der Waals surface area contributed by atoms with Crippen LogP contribution in [0.5, 0.6) is 0 Å². The number of amides is 1. The zero-order chi connectivity index (χ0) is 11.6. The molecule has 1 aliphatic heterocycles. The van der Waals surface area contributed by atoms with Crippen LogP contribution >= 0.6 is 0 Å². The number of hydrogen-bond acceptors (Lipinski definition) is 4. The van der Waals surface area contributed by atoms with Gasteiger partial charge in [0.05, 0.1) is 6.61 Å². The van der Waals surface area contributed by atoms with Crippen LogP contribution in [0.1, 0.15) is 17.7 Å². The molecule has 5 nitrogen and oxygen atoms in total. The lowest BCUT2D eigenvalue weighted by molar-refractivity contribution is -0.123. The summed E-state index contributed by atoms with van der Waals surface area (Å²) >= 11 is 0. The number of carbonyl (C=O) groups is 1. The van der Waals surface area contributed by atoms with E-state index in [0.29, 0.717) is 18.6 Å². The first-order valence-corrected chi connectivity index (χ1v) is 5.08. The third-order valence-electron chi connectivity index (χ3n) is 2.98. The lowest BCUT2D eigenvalue weighted by Crippen LogP contribution is -2.35. The Kier molecular flexibility index (Phi) is 2.78. The molecule has 1 fully saturated rings. The number of nitrogens with zero attached hydrogens (tertiary/aromatic N) is 2. The van der Waals surface area contributed by atoms with Gasteiger partial charge in [-0.25, -0.2) is 0 Å². The molecular formula is C11H12N2O3. The molecule has 1 atom stereocenters. The summed E-state index contributed by atoms with van der Waals surface area (Å²) < 4.78 is 5.22. The first-order chi connectivity index (χ1) is 7.69. The van der Waals surface area contributed by atoms with Crippen molar-refractivity contribution in [3.63, 3.8) is 0 Å². The normalized spacial score (nSPS) is 24.3. The van der Waals surface area contributed by atoms with Crippen molar-refractivity contribution >= 4 is 5.91 Å². The first kappa shape index (κ1) is 10.9. The molecule has 1 saturated heterocycles. The highest BCUT2D eigenvalue weighted by molar-refractivity contribution is 5.89. The molecule has 1 aromatic rings. The van der Waals surface area contributed by atoms with E-state index >= 15 is 0 Å². The van der Waals surface area contributed by atoms with E-state index in [4.69, 9.17) is 4.74 Å². The average Bonchev–Trinajstić information content (AvgIpc) is 2.79. The van der Waals surface area contributed by atoms with Crippen molar-refractivity contribution in [1.82, 2.24) is 4.98 Å². The molecule has 0 N–H and O–H groups in total. The molecule has 16 heavy (non-hydrogen) atoms. The van der Waals surface area contributed by atoms with Crippen molar-refractivity contribution in [2.45, 2.75) is 18.8 Å². The Morgan fingerprint density at radius 1 is 1.56 bits per heavy atom. The third-order valence-corrected chi connectivity index (χ3v) is 2.98. The molecule has 1 unspecified atom stereocenters. The monoisotopic (exact) mass is 220 g/mol. The van der Waals surface area contributed by atoms with Gasteiger partial charge in [-0.1, -0.05) is 6.07 Å². The predicted molar refractivity (Wildman–Crippen MR) is 56.9 cm³/mol. The summed E-state index contributed by atoms with van der Waals surface area (Å²) in [5.41, 5.74) is 0.659. The SMILES string of the molecule is Cc1ccc(C2(C(=O)N=O)CCOC2)cn1. The number of pyridine rings is 1. The Morgan fingerprint density at radius 3 is 2.88 bits per heavy atom. The van der Waals surface area contributed by atoms with E-state index < -0.39 is 11.3 Å². The van der Waals surface area contributed by atoms with Gasteiger partial charge in [0.1, 0.15) is 5.41 Å². The minimum absolute atomic E-state index is 0.211. The number of aryl methyl sites for hydroxylation is 1.